The molecule has 4 heteroatoms. The van der Waals surface area contributed by atoms with Crippen molar-refractivity contribution in [2.75, 3.05) is 13.1 Å². The van der Waals surface area contributed by atoms with Crippen LogP contribution in [0.15, 0.2) is 54.6 Å². The molecule has 0 spiro atoms. The highest BCUT2D eigenvalue weighted by Gasteiger charge is 2.27. The van der Waals surface area contributed by atoms with E-state index in [2.05, 4.69) is 0 Å². The summed E-state index contributed by atoms with van der Waals surface area (Å²) in [4.78, 5) is 14.1. The molecule has 3 rings (SSSR count). The van der Waals surface area contributed by atoms with Crippen molar-refractivity contribution in [3.8, 4) is 5.75 Å². The fourth-order valence-electron chi connectivity index (χ4n) is 2.84. The van der Waals surface area contributed by atoms with Gasteiger partial charge in [0, 0.05) is 25.5 Å². The first-order chi connectivity index (χ1) is 11.2. The Bertz CT molecular complexity index is 659. The number of hydrogen-bond donors (Lipinski definition) is 0. The molecule has 2 aromatic carbocycles. The maximum atomic E-state index is 13.2. The van der Waals surface area contributed by atoms with Gasteiger partial charge in [0.2, 0.25) is 5.91 Å². The molecule has 3 nitrogen and oxygen atoms in total. The number of carbonyl (C=O) groups is 1. The molecule has 2 aromatic rings. The van der Waals surface area contributed by atoms with E-state index in [1.807, 2.05) is 35.2 Å². The van der Waals surface area contributed by atoms with Gasteiger partial charge in [0.05, 0.1) is 6.54 Å². The lowest BCUT2D eigenvalue weighted by Gasteiger charge is -2.17. The van der Waals surface area contributed by atoms with E-state index in [1.165, 1.54) is 17.7 Å². The predicted octanol–water partition coefficient (Wildman–Crippen LogP) is 3.44. The molecule has 1 atom stereocenters. The highest BCUT2D eigenvalue weighted by molar-refractivity contribution is 5.76. The summed E-state index contributed by atoms with van der Waals surface area (Å²) >= 11 is 0. The van der Waals surface area contributed by atoms with Gasteiger partial charge < -0.3 is 9.64 Å². The highest BCUT2D eigenvalue weighted by Crippen LogP contribution is 2.20. The summed E-state index contributed by atoms with van der Waals surface area (Å²) in [7, 11) is 0. The number of hydrogen-bond acceptors (Lipinski definition) is 2. The van der Waals surface area contributed by atoms with Crippen LogP contribution < -0.4 is 4.74 Å². The zero-order valence-corrected chi connectivity index (χ0v) is 13.0. The van der Waals surface area contributed by atoms with E-state index >= 15 is 0 Å². The zero-order chi connectivity index (χ0) is 16.1. The number of ether oxygens (including phenoxy) is 1. The average molecular weight is 313 g/mol. The van der Waals surface area contributed by atoms with Gasteiger partial charge in [-0.3, -0.25) is 4.79 Å². The van der Waals surface area contributed by atoms with Gasteiger partial charge in [0.15, 0.2) is 0 Å². The molecule has 1 saturated heterocycles. The second-order valence-corrected chi connectivity index (χ2v) is 5.81. The van der Waals surface area contributed by atoms with E-state index in [9.17, 15) is 9.18 Å². The summed E-state index contributed by atoms with van der Waals surface area (Å²) in [6, 6.07) is 16.1. The van der Waals surface area contributed by atoms with Crippen molar-refractivity contribution in [1.82, 2.24) is 4.90 Å². The van der Waals surface area contributed by atoms with Gasteiger partial charge in [0.25, 0.3) is 0 Å². The van der Waals surface area contributed by atoms with Crippen LogP contribution >= 0.6 is 0 Å². The van der Waals surface area contributed by atoms with Gasteiger partial charge in [0.1, 0.15) is 17.7 Å². The Hall–Kier alpha value is -2.36. The Labute approximate surface area is 135 Å². The van der Waals surface area contributed by atoms with Crippen LogP contribution in [0.25, 0.3) is 0 Å². The van der Waals surface area contributed by atoms with Gasteiger partial charge in [-0.2, -0.15) is 0 Å². The molecular formula is C19H20FNO2. The van der Waals surface area contributed by atoms with Crippen molar-refractivity contribution in [2.24, 2.45) is 0 Å². The number of nitrogens with zero attached hydrogens (tertiary/aromatic N) is 1. The van der Waals surface area contributed by atoms with Gasteiger partial charge in [-0.05, 0) is 24.1 Å². The topological polar surface area (TPSA) is 29.5 Å². The number of benzene rings is 2. The van der Waals surface area contributed by atoms with Crippen molar-refractivity contribution in [2.45, 2.75) is 25.4 Å². The Balaban J connectivity index is 1.48. The summed E-state index contributed by atoms with van der Waals surface area (Å²) in [5.74, 6) is 0.365. The quantitative estimate of drug-likeness (QED) is 0.846. The largest absolute Gasteiger partial charge is 0.488 e. The van der Waals surface area contributed by atoms with E-state index in [1.54, 1.807) is 12.1 Å². The first kappa shape index (κ1) is 15.5. The monoisotopic (exact) mass is 313 g/mol. The lowest BCUT2D eigenvalue weighted by Crippen LogP contribution is -2.31. The minimum absolute atomic E-state index is 0.0579. The third-order valence-corrected chi connectivity index (χ3v) is 4.07. The van der Waals surface area contributed by atoms with Crippen molar-refractivity contribution < 1.29 is 13.9 Å². The standard InChI is InChI=1S/C19H20FNO2/c20-16-7-4-8-17(13-16)23-18-11-12-21(14-18)19(22)10-9-15-5-2-1-3-6-15/h1-8,13,18H,9-12,14H2. The third-order valence-electron chi connectivity index (χ3n) is 4.07. The second-order valence-electron chi connectivity index (χ2n) is 5.81. The van der Waals surface area contributed by atoms with Crippen molar-refractivity contribution >= 4 is 5.91 Å². The molecule has 1 amide bonds. The van der Waals surface area contributed by atoms with Crippen LogP contribution in [-0.2, 0) is 11.2 Å². The average Bonchev–Trinajstić information content (AvgIpc) is 3.02. The molecule has 0 N–H and O–H groups in total. The molecule has 120 valence electrons. The van der Waals surface area contributed by atoms with Crippen LogP contribution in [0, 0.1) is 5.82 Å². The van der Waals surface area contributed by atoms with Crippen molar-refractivity contribution in [1.29, 1.82) is 0 Å². The lowest BCUT2D eigenvalue weighted by atomic mass is 10.1. The fraction of sp³-hybridized carbons (Fsp3) is 0.316. The summed E-state index contributed by atoms with van der Waals surface area (Å²) in [6.07, 6.45) is 1.99. The van der Waals surface area contributed by atoms with Crippen LogP contribution in [0.2, 0.25) is 0 Å². The minimum atomic E-state index is -0.309. The van der Waals surface area contributed by atoms with E-state index in [0.717, 1.165) is 12.8 Å². The Morgan fingerprint density at radius 3 is 2.78 bits per heavy atom. The van der Waals surface area contributed by atoms with E-state index in [4.69, 9.17) is 4.74 Å². The Morgan fingerprint density at radius 2 is 2.00 bits per heavy atom. The van der Waals surface area contributed by atoms with Crippen LogP contribution in [0.4, 0.5) is 4.39 Å². The molecule has 0 saturated carbocycles. The first-order valence-electron chi connectivity index (χ1n) is 7.94. The Kier molecular flexibility index (Phi) is 4.91. The second kappa shape index (κ2) is 7.27. The number of carbonyl (C=O) groups excluding carboxylic acids is 1. The molecule has 0 bridgehead atoms. The number of rotatable bonds is 5. The van der Waals surface area contributed by atoms with Crippen molar-refractivity contribution in [3.63, 3.8) is 0 Å². The van der Waals surface area contributed by atoms with E-state index in [-0.39, 0.29) is 17.8 Å². The van der Waals surface area contributed by atoms with Gasteiger partial charge in [-0.1, -0.05) is 36.4 Å². The van der Waals surface area contributed by atoms with Gasteiger partial charge in [-0.25, -0.2) is 4.39 Å². The van der Waals surface area contributed by atoms with Crippen LogP contribution in [-0.4, -0.2) is 30.0 Å². The normalized spacial score (nSPS) is 17.3. The number of aryl methyl sites for hydroxylation is 1. The molecule has 0 aliphatic carbocycles. The molecule has 1 aliphatic heterocycles. The molecule has 1 fully saturated rings. The molecule has 1 aliphatic rings. The number of amides is 1. The molecule has 0 aromatic heterocycles. The predicted molar refractivity (Wildman–Crippen MR) is 86.8 cm³/mol. The van der Waals surface area contributed by atoms with Crippen LogP contribution in [0.3, 0.4) is 0 Å². The maximum absolute atomic E-state index is 13.2. The van der Waals surface area contributed by atoms with Gasteiger partial charge in [-0.15, -0.1) is 0 Å². The first-order valence-corrected chi connectivity index (χ1v) is 7.94. The summed E-state index contributed by atoms with van der Waals surface area (Å²) in [6.45, 7) is 1.28. The minimum Gasteiger partial charge on any atom is -0.488 e. The maximum Gasteiger partial charge on any atom is 0.223 e. The van der Waals surface area contributed by atoms with Gasteiger partial charge >= 0.3 is 0 Å². The number of likely N-dealkylation sites (tertiary alicyclic amines) is 1. The van der Waals surface area contributed by atoms with Crippen molar-refractivity contribution in [3.05, 3.63) is 66.0 Å². The van der Waals surface area contributed by atoms with E-state index < -0.39 is 0 Å². The zero-order valence-electron chi connectivity index (χ0n) is 13.0. The summed E-state index contributed by atoms with van der Waals surface area (Å²) < 4.78 is 18.9. The SMILES string of the molecule is O=C(CCc1ccccc1)N1CCC(Oc2cccc(F)c2)C1. The summed E-state index contributed by atoms with van der Waals surface area (Å²) in [5.41, 5.74) is 1.17. The van der Waals surface area contributed by atoms with Crippen LogP contribution in [0.5, 0.6) is 5.75 Å². The third kappa shape index (κ3) is 4.31. The summed E-state index contributed by atoms with van der Waals surface area (Å²) in [5, 5.41) is 0. The number of halogens is 1. The smallest absolute Gasteiger partial charge is 0.223 e. The molecule has 1 unspecified atom stereocenters. The Morgan fingerprint density at radius 1 is 1.17 bits per heavy atom. The molecule has 1 heterocycles. The molecular weight excluding hydrogens is 293 g/mol. The van der Waals surface area contributed by atoms with Crippen LogP contribution in [0.1, 0.15) is 18.4 Å². The fourth-order valence-corrected chi connectivity index (χ4v) is 2.84. The molecule has 0 radical (unpaired) electrons. The van der Waals surface area contributed by atoms with E-state index in [0.29, 0.717) is 25.3 Å². The molecule has 23 heavy (non-hydrogen) atoms. The lowest BCUT2D eigenvalue weighted by molar-refractivity contribution is -0.130. The highest BCUT2D eigenvalue weighted by atomic mass is 19.1.